The standard InChI is InChI=1S/C15H13BrF2N2O/c1-9-5-6-13(10(16)7-9)20-14(21)8-19-15-11(17)3-2-4-12(15)18/h2-7,19H,8H2,1H3,(H,20,21). The van der Waals surface area contributed by atoms with E-state index in [1.165, 1.54) is 6.07 Å². The highest BCUT2D eigenvalue weighted by molar-refractivity contribution is 9.10. The van der Waals surface area contributed by atoms with Gasteiger partial charge in [-0.05, 0) is 52.7 Å². The fraction of sp³-hybridized carbons (Fsp3) is 0.133. The van der Waals surface area contributed by atoms with Crippen LogP contribution >= 0.6 is 15.9 Å². The Labute approximate surface area is 129 Å². The number of aryl methyl sites for hydroxylation is 1. The molecule has 21 heavy (non-hydrogen) atoms. The monoisotopic (exact) mass is 354 g/mol. The zero-order valence-corrected chi connectivity index (χ0v) is 12.8. The molecule has 110 valence electrons. The number of anilines is 2. The summed E-state index contributed by atoms with van der Waals surface area (Å²) in [5.41, 5.74) is 1.34. The maximum absolute atomic E-state index is 13.4. The van der Waals surface area contributed by atoms with Gasteiger partial charge in [-0.15, -0.1) is 0 Å². The molecule has 0 atom stereocenters. The Bertz CT molecular complexity index is 656. The second kappa shape index (κ2) is 6.67. The molecule has 0 fully saturated rings. The Balaban J connectivity index is 1.99. The van der Waals surface area contributed by atoms with Crippen LogP contribution in [-0.4, -0.2) is 12.5 Å². The lowest BCUT2D eigenvalue weighted by Crippen LogP contribution is -2.22. The van der Waals surface area contributed by atoms with E-state index in [1.807, 2.05) is 19.1 Å². The molecule has 2 N–H and O–H groups in total. The van der Waals surface area contributed by atoms with Gasteiger partial charge in [0.2, 0.25) is 5.91 Å². The summed E-state index contributed by atoms with van der Waals surface area (Å²) in [5, 5.41) is 5.11. The van der Waals surface area contributed by atoms with Crippen molar-refractivity contribution in [2.75, 3.05) is 17.2 Å². The number of rotatable bonds is 4. The van der Waals surface area contributed by atoms with E-state index in [9.17, 15) is 13.6 Å². The summed E-state index contributed by atoms with van der Waals surface area (Å²) in [5.74, 6) is -1.87. The first-order valence-corrected chi connectivity index (χ1v) is 7.00. The molecule has 0 radical (unpaired) electrons. The van der Waals surface area contributed by atoms with Crippen molar-refractivity contribution in [2.45, 2.75) is 6.92 Å². The Morgan fingerprint density at radius 1 is 1.19 bits per heavy atom. The van der Waals surface area contributed by atoms with Crippen molar-refractivity contribution in [3.8, 4) is 0 Å². The molecule has 0 spiro atoms. The van der Waals surface area contributed by atoms with Gasteiger partial charge in [0.05, 0.1) is 12.2 Å². The number of hydrogen-bond acceptors (Lipinski definition) is 2. The van der Waals surface area contributed by atoms with Crippen molar-refractivity contribution in [3.63, 3.8) is 0 Å². The van der Waals surface area contributed by atoms with Crippen LogP contribution in [0.3, 0.4) is 0 Å². The van der Waals surface area contributed by atoms with Crippen molar-refractivity contribution >= 4 is 33.2 Å². The lowest BCUT2D eigenvalue weighted by Gasteiger charge is -2.10. The summed E-state index contributed by atoms with van der Waals surface area (Å²) >= 11 is 3.34. The molecule has 2 rings (SSSR count). The molecule has 0 saturated heterocycles. The summed E-state index contributed by atoms with van der Waals surface area (Å²) < 4.78 is 27.5. The van der Waals surface area contributed by atoms with E-state index in [-0.39, 0.29) is 12.2 Å². The fourth-order valence-corrected chi connectivity index (χ4v) is 2.34. The summed E-state index contributed by atoms with van der Waals surface area (Å²) in [6.07, 6.45) is 0. The van der Waals surface area contributed by atoms with Gasteiger partial charge in [-0.1, -0.05) is 12.1 Å². The molecule has 0 aromatic heterocycles. The minimum absolute atomic E-state index is 0.238. The molecule has 3 nitrogen and oxygen atoms in total. The zero-order valence-electron chi connectivity index (χ0n) is 11.2. The van der Waals surface area contributed by atoms with Crippen LogP contribution < -0.4 is 10.6 Å². The van der Waals surface area contributed by atoms with Crippen LogP contribution in [0.15, 0.2) is 40.9 Å². The van der Waals surface area contributed by atoms with Gasteiger partial charge >= 0.3 is 0 Å². The topological polar surface area (TPSA) is 41.1 Å². The number of carbonyl (C=O) groups is 1. The molecule has 0 bridgehead atoms. The second-order valence-corrected chi connectivity index (χ2v) is 5.34. The molecule has 0 unspecified atom stereocenters. The average Bonchev–Trinajstić information content (AvgIpc) is 2.41. The number of nitrogens with one attached hydrogen (secondary N) is 2. The van der Waals surface area contributed by atoms with Crippen molar-refractivity contribution in [1.82, 2.24) is 0 Å². The van der Waals surface area contributed by atoms with Gasteiger partial charge in [0.25, 0.3) is 0 Å². The van der Waals surface area contributed by atoms with Crippen LogP contribution in [0.1, 0.15) is 5.56 Å². The van der Waals surface area contributed by atoms with Crippen LogP contribution in [0.5, 0.6) is 0 Å². The van der Waals surface area contributed by atoms with E-state index in [2.05, 4.69) is 26.6 Å². The lowest BCUT2D eigenvalue weighted by atomic mass is 10.2. The molecule has 2 aromatic carbocycles. The maximum Gasteiger partial charge on any atom is 0.243 e. The molecule has 0 saturated carbocycles. The quantitative estimate of drug-likeness (QED) is 0.868. The highest BCUT2D eigenvalue weighted by atomic mass is 79.9. The smallest absolute Gasteiger partial charge is 0.243 e. The molecular formula is C15H13BrF2N2O. The Kier molecular flexibility index (Phi) is 4.90. The van der Waals surface area contributed by atoms with Crippen molar-refractivity contribution in [1.29, 1.82) is 0 Å². The van der Waals surface area contributed by atoms with Gasteiger partial charge in [-0.25, -0.2) is 8.78 Å². The molecule has 2 aromatic rings. The van der Waals surface area contributed by atoms with E-state index in [0.717, 1.165) is 22.2 Å². The number of para-hydroxylation sites is 1. The van der Waals surface area contributed by atoms with Crippen LogP contribution in [0, 0.1) is 18.6 Å². The zero-order chi connectivity index (χ0) is 15.4. The third kappa shape index (κ3) is 4.01. The molecule has 0 aliphatic rings. The summed E-state index contributed by atoms with van der Waals surface area (Å²) in [7, 11) is 0. The summed E-state index contributed by atoms with van der Waals surface area (Å²) in [4.78, 5) is 11.8. The Hall–Kier alpha value is -1.95. The molecule has 6 heteroatoms. The van der Waals surface area contributed by atoms with Crippen molar-refractivity contribution < 1.29 is 13.6 Å². The van der Waals surface area contributed by atoms with Gasteiger partial charge in [-0.3, -0.25) is 4.79 Å². The van der Waals surface area contributed by atoms with E-state index >= 15 is 0 Å². The first kappa shape index (κ1) is 15.4. The van der Waals surface area contributed by atoms with Crippen molar-refractivity contribution in [2.24, 2.45) is 0 Å². The van der Waals surface area contributed by atoms with Crippen LogP contribution in [0.4, 0.5) is 20.2 Å². The predicted octanol–water partition coefficient (Wildman–Crippen LogP) is 4.09. The Morgan fingerprint density at radius 2 is 1.86 bits per heavy atom. The second-order valence-electron chi connectivity index (χ2n) is 4.48. The highest BCUT2D eigenvalue weighted by Crippen LogP contribution is 2.23. The highest BCUT2D eigenvalue weighted by Gasteiger charge is 2.10. The van der Waals surface area contributed by atoms with Gasteiger partial charge in [0.1, 0.15) is 17.3 Å². The minimum Gasteiger partial charge on any atom is -0.371 e. The SMILES string of the molecule is Cc1ccc(NC(=O)CNc2c(F)cccc2F)c(Br)c1. The lowest BCUT2D eigenvalue weighted by molar-refractivity contribution is -0.114. The number of carbonyl (C=O) groups excluding carboxylic acids is 1. The number of benzene rings is 2. The summed E-state index contributed by atoms with van der Waals surface area (Å²) in [6.45, 7) is 1.69. The molecule has 0 aliphatic carbocycles. The van der Waals surface area contributed by atoms with Gasteiger partial charge < -0.3 is 10.6 Å². The van der Waals surface area contributed by atoms with Gasteiger partial charge in [0.15, 0.2) is 0 Å². The predicted molar refractivity (Wildman–Crippen MR) is 82.4 cm³/mol. The van der Waals surface area contributed by atoms with Gasteiger partial charge in [-0.2, -0.15) is 0 Å². The van der Waals surface area contributed by atoms with E-state index in [4.69, 9.17) is 0 Å². The van der Waals surface area contributed by atoms with Crippen LogP contribution in [0.25, 0.3) is 0 Å². The molecule has 1 amide bonds. The van der Waals surface area contributed by atoms with Crippen molar-refractivity contribution in [3.05, 3.63) is 58.1 Å². The molecular weight excluding hydrogens is 342 g/mol. The third-order valence-corrected chi connectivity index (χ3v) is 3.44. The number of amides is 1. The van der Waals surface area contributed by atoms with Crippen LogP contribution in [-0.2, 0) is 4.79 Å². The Morgan fingerprint density at radius 3 is 2.48 bits per heavy atom. The largest absolute Gasteiger partial charge is 0.371 e. The van der Waals surface area contributed by atoms with E-state index in [1.54, 1.807) is 6.07 Å². The van der Waals surface area contributed by atoms with E-state index < -0.39 is 17.5 Å². The maximum atomic E-state index is 13.4. The van der Waals surface area contributed by atoms with Crippen LogP contribution in [0.2, 0.25) is 0 Å². The first-order chi connectivity index (χ1) is 9.97. The summed E-state index contributed by atoms with van der Waals surface area (Å²) in [6, 6.07) is 8.98. The average molecular weight is 355 g/mol. The molecule has 0 aliphatic heterocycles. The third-order valence-electron chi connectivity index (χ3n) is 2.79. The van der Waals surface area contributed by atoms with E-state index in [0.29, 0.717) is 5.69 Å². The first-order valence-electron chi connectivity index (χ1n) is 6.21. The van der Waals surface area contributed by atoms with Gasteiger partial charge in [0, 0.05) is 4.47 Å². The normalized spacial score (nSPS) is 10.3. The fourth-order valence-electron chi connectivity index (χ4n) is 1.75. The number of halogens is 3. The molecule has 0 heterocycles. The number of hydrogen-bond donors (Lipinski definition) is 2. The minimum atomic E-state index is -0.737.